The molecule has 8 heteroatoms. The molecule has 5 nitrogen and oxygen atoms in total. The minimum Gasteiger partial charge on any atom is -0.481 e. The van der Waals surface area contributed by atoms with Crippen LogP contribution >= 0.6 is 0 Å². The number of rotatable bonds is 6. The number of anilines is 1. The van der Waals surface area contributed by atoms with E-state index in [0.717, 1.165) is 37.7 Å². The van der Waals surface area contributed by atoms with E-state index in [2.05, 4.69) is 27.1 Å². The van der Waals surface area contributed by atoms with Gasteiger partial charge in [-0.3, -0.25) is 4.90 Å². The zero-order chi connectivity index (χ0) is 21.0. The molecule has 0 unspecified atom stereocenters. The van der Waals surface area contributed by atoms with E-state index in [1.807, 2.05) is 18.2 Å². The van der Waals surface area contributed by atoms with Crippen LogP contribution in [0.4, 0.5) is 18.9 Å². The summed E-state index contributed by atoms with van der Waals surface area (Å²) in [5.41, 5.74) is 0.912. The molecule has 158 valence electrons. The van der Waals surface area contributed by atoms with Crippen LogP contribution < -0.4 is 10.1 Å². The molecule has 29 heavy (non-hydrogen) atoms. The molecule has 2 atom stereocenters. The van der Waals surface area contributed by atoms with Crippen LogP contribution in [0.1, 0.15) is 42.9 Å². The fourth-order valence-corrected chi connectivity index (χ4v) is 3.76. The van der Waals surface area contributed by atoms with E-state index in [4.69, 9.17) is 4.74 Å². The lowest BCUT2D eigenvalue weighted by Crippen LogP contribution is -2.39. The summed E-state index contributed by atoms with van der Waals surface area (Å²) >= 11 is 0. The first-order chi connectivity index (χ1) is 13.8. The smallest absolute Gasteiger partial charge is 0.433 e. The molecule has 1 saturated heterocycles. The van der Waals surface area contributed by atoms with Gasteiger partial charge < -0.3 is 10.1 Å². The van der Waals surface area contributed by atoms with Crippen molar-refractivity contribution < 1.29 is 17.9 Å². The number of likely N-dealkylation sites (tertiary alicyclic amines) is 1. The summed E-state index contributed by atoms with van der Waals surface area (Å²) in [6.07, 6.45) is -2.36. The largest absolute Gasteiger partial charge is 0.481 e. The van der Waals surface area contributed by atoms with Gasteiger partial charge in [-0.2, -0.15) is 13.2 Å². The van der Waals surface area contributed by atoms with Crippen LogP contribution in [0.3, 0.4) is 0 Å². The summed E-state index contributed by atoms with van der Waals surface area (Å²) in [5, 5.41) is 3.18. The van der Waals surface area contributed by atoms with Crippen molar-refractivity contribution in [3.05, 3.63) is 47.4 Å². The number of pyridine rings is 2. The number of nitrogens with one attached hydrogen (secondary N) is 1. The number of halogens is 3. The van der Waals surface area contributed by atoms with Crippen molar-refractivity contribution >= 4 is 5.69 Å². The Morgan fingerprint density at radius 3 is 2.79 bits per heavy atom. The topological polar surface area (TPSA) is 50.3 Å². The Balaban J connectivity index is 1.62. The molecule has 1 N–H and O–H groups in total. The van der Waals surface area contributed by atoms with Crippen molar-refractivity contribution in [3.63, 3.8) is 0 Å². The van der Waals surface area contributed by atoms with Gasteiger partial charge in [-0.25, -0.2) is 9.97 Å². The second kappa shape index (κ2) is 8.98. The third-order valence-corrected chi connectivity index (χ3v) is 5.32. The predicted octanol–water partition coefficient (Wildman–Crippen LogP) is 4.70. The Labute approximate surface area is 169 Å². The molecule has 1 aliphatic heterocycles. The van der Waals surface area contributed by atoms with Gasteiger partial charge >= 0.3 is 6.18 Å². The van der Waals surface area contributed by atoms with E-state index in [9.17, 15) is 13.2 Å². The van der Waals surface area contributed by atoms with Crippen LogP contribution in [-0.2, 0) is 6.18 Å². The summed E-state index contributed by atoms with van der Waals surface area (Å²) in [6, 6.07) is 8.63. The molecule has 0 saturated carbocycles. The summed E-state index contributed by atoms with van der Waals surface area (Å²) < 4.78 is 44.2. The Morgan fingerprint density at radius 2 is 2.07 bits per heavy atom. The lowest BCUT2D eigenvalue weighted by molar-refractivity contribution is -0.141. The van der Waals surface area contributed by atoms with Crippen LogP contribution in [0.5, 0.6) is 5.88 Å². The number of hydrogen-bond donors (Lipinski definition) is 1. The zero-order valence-corrected chi connectivity index (χ0v) is 17.0. The maximum atomic E-state index is 13.0. The summed E-state index contributed by atoms with van der Waals surface area (Å²) in [6.45, 7) is 6.16. The van der Waals surface area contributed by atoms with Gasteiger partial charge in [0.15, 0.2) is 0 Å². The predicted molar refractivity (Wildman–Crippen MR) is 106 cm³/mol. The number of methoxy groups -OCH3 is 1. The van der Waals surface area contributed by atoms with Crippen LogP contribution in [0.15, 0.2) is 30.3 Å². The highest BCUT2D eigenvalue weighted by Gasteiger charge is 2.33. The Hall–Kier alpha value is -2.35. The normalized spacial score (nSPS) is 19.0. The first kappa shape index (κ1) is 21.4. The fourth-order valence-electron chi connectivity index (χ4n) is 3.76. The molecular weight excluding hydrogens is 381 g/mol. The molecule has 3 rings (SSSR count). The first-order valence-corrected chi connectivity index (χ1v) is 9.81. The van der Waals surface area contributed by atoms with Gasteiger partial charge in [-0.05, 0) is 57.4 Å². The highest BCUT2D eigenvalue weighted by atomic mass is 19.4. The molecule has 0 spiro atoms. The van der Waals surface area contributed by atoms with Crippen molar-refractivity contribution in [1.82, 2.24) is 14.9 Å². The maximum Gasteiger partial charge on any atom is 0.433 e. The van der Waals surface area contributed by atoms with E-state index in [1.165, 1.54) is 0 Å². The van der Waals surface area contributed by atoms with Crippen molar-refractivity contribution in [2.24, 2.45) is 5.92 Å². The first-order valence-electron chi connectivity index (χ1n) is 9.81. The van der Waals surface area contributed by atoms with E-state index in [1.54, 1.807) is 20.1 Å². The molecule has 0 amide bonds. The van der Waals surface area contributed by atoms with Gasteiger partial charge in [0.25, 0.3) is 0 Å². The van der Waals surface area contributed by atoms with Crippen molar-refractivity contribution in [3.8, 4) is 5.88 Å². The maximum absolute atomic E-state index is 13.0. The second-order valence-electron chi connectivity index (χ2n) is 7.55. The number of hydrogen-bond acceptors (Lipinski definition) is 5. The molecular formula is C21H27F3N4O. The third kappa shape index (κ3) is 5.59. The van der Waals surface area contributed by atoms with E-state index >= 15 is 0 Å². The van der Waals surface area contributed by atoms with Crippen molar-refractivity contribution in [2.45, 2.75) is 38.9 Å². The van der Waals surface area contributed by atoms with Crippen LogP contribution in [0.2, 0.25) is 0 Å². The molecule has 2 aromatic rings. The zero-order valence-electron chi connectivity index (χ0n) is 17.0. The molecule has 2 aromatic heterocycles. The van der Waals surface area contributed by atoms with Crippen LogP contribution in [0.25, 0.3) is 0 Å². The number of alkyl halides is 3. The minimum absolute atomic E-state index is 0.146. The van der Waals surface area contributed by atoms with Crippen molar-refractivity contribution in [1.29, 1.82) is 0 Å². The van der Waals surface area contributed by atoms with Gasteiger partial charge in [0.1, 0.15) is 5.69 Å². The molecule has 0 aromatic carbocycles. The second-order valence-corrected chi connectivity index (χ2v) is 7.55. The number of aryl methyl sites for hydroxylation is 1. The van der Waals surface area contributed by atoms with E-state index in [0.29, 0.717) is 29.7 Å². The van der Waals surface area contributed by atoms with Crippen LogP contribution in [-0.4, -0.2) is 41.6 Å². The van der Waals surface area contributed by atoms with Gasteiger partial charge in [0.2, 0.25) is 5.88 Å². The van der Waals surface area contributed by atoms with Gasteiger partial charge in [0, 0.05) is 36.6 Å². The lowest BCUT2D eigenvalue weighted by Gasteiger charge is -2.36. The molecule has 0 bridgehead atoms. The third-order valence-electron chi connectivity index (χ3n) is 5.32. The molecule has 1 fully saturated rings. The number of nitrogens with zero attached hydrogens (tertiary/aromatic N) is 3. The Bertz CT molecular complexity index is 828. The van der Waals surface area contributed by atoms with E-state index in [-0.39, 0.29) is 6.04 Å². The quantitative estimate of drug-likeness (QED) is 0.751. The summed E-state index contributed by atoms with van der Waals surface area (Å²) in [5.74, 6) is 0.942. The van der Waals surface area contributed by atoms with Crippen LogP contribution in [0, 0.1) is 12.8 Å². The van der Waals surface area contributed by atoms with Gasteiger partial charge in [-0.15, -0.1) is 0 Å². The Kier molecular flexibility index (Phi) is 6.62. The van der Waals surface area contributed by atoms with Gasteiger partial charge in [0.05, 0.1) is 12.8 Å². The van der Waals surface area contributed by atoms with Gasteiger partial charge in [-0.1, -0.05) is 6.07 Å². The standard InChI is InChI=1S/C21H27F3N4O/c1-14-10-17(11-19(26-14)21(22,23)24)25-12-16-6-5-9-28(13-16)15(2)18-7-4-8-20(27-18)29-3/h4,7-8,10-11,15-16H,5-6,9,12-13H2,1-3H3,(H,25,26)/t15-,16+/m1/s1. The van der Waals surface area contributed by atoms with E-state index < -0.39 is 11.9 Å². The SMILES string of the molecule is COc1cccc([C@@H](C)N2CCC[C@@H](CNc3cc(C)nc(C(F)(F)F)c3)C2)n1. The minimum atomic E-state index is -4.44. The Morgan fingerprint density at radius 1 is 1.28 bits per heavy atom. The molecule has 1 aliphatic rings. The number of ether oxygens (including phenoxy) is 1. The summed E-state index contributed by atoms with van der Waals surface area (Å²) in [4.78, 5) is 10.5. The highest BCUT2D eigenvalue weighted by Crippen LogP contribution is 2.30. The fraction of sp³-hybridized carbons (Fsp3) is 0.524. The molecule has 0 radical (unpaired) electrons. The summed E-state index contributed by atoms with van der Waals surface area (Å²) in [7, 11) is 1.60. The molecule has 3 heterocycles. The average molecular weight is 408 g/mol. The monoisotopic (exact) mass is 408 g/mol. The lowest BCUT2D eigenvalue weighted by atomic mass is 9.96. The molecule has 0 aliphatic carbocycles. The number of piperidine rings is 1. The highest BCUT2D eigenvalue weighted by molar-refractivity contribution is 5.46. The van der Waals surface area contributed by atoms with Crippen molar-refractivity contribution in [2.75, 3.05) is 32.1 Å². The number of aromatic nitrogens is 2. The average Bonchev–Trinajstić information content (AvgIpc) is 2.71.